The third-order valence-electron chi connectivity index (χ3n) is 4.15. The molecule has 0 saturated carbocycles. The van der Waals surface area contributed by atoms with E-state index >= 15 is 0 Å². The van der Waals surface area contributed by atoms with E-state index in [-0.39, 0.29) is 11.5 Å². The predicted molar refractivity (Wildman–Crippen MR) is 97.3 cm³/mol. The van der Waals surface area contributed by atoms with E-state index < -0.39 is 5.97 Å². The van der Waals surface area contributed by atoms with Crippen LogP contribution in [0, 0.1) is 0 Å². The summed E-state index contributed by atoms with van der Waals surface area (Å²) in [5, 5.41) is 13.2. The first-order valence-electron chi connectivity index (χ1n) is 8.09. The summed E-state index contributed by atoms with van der Waals surface area (Å²) in [5.74, 6) is -0.785. The SMILES string of the molecule is C/C(=N\Nc1ccc(C(=O)O)cc1)c1ccc(N2CCCC2=O)cc1. The number of benzene rings is 2. The number of carboxylic acids is 1. The molecule has 128 valence electrons. The Morgan fingerprint density at radius 3 is 2.28 bits per heavy atom. The van der Waals surface area contributed by atoms with Crippen molar-refractivity contribution in [2.45, 2.75) is 19.8 Å². The number of anilines is 2. The van der Waals surface area contributed by atoms with Gasteiger partial charge < -0.3 is 10.0 Å². The standard InChI is InChI=1S/C19H19N3O3/c1-13(20-21-16-8-4-15(5-9-16)19(24)25)14-6-10-17(11-7-14)22-12-2-3-18(22)23/h4-11,21H,2-3,12H2,1H3,(H,24,25)/b20-13+. The van der Waals surface area contributed by atoms with Crippen molar-refractivity contribution in [3.63, 3.8) is 0 Å². The molecule has 0 atom stereocenters. The molecule has 1 heterocycles. The first kappa shape index (κ1) is 16.7. The van der Waals surface area contributed by atoms with Gasteiger partial charge in [-0.15, -0.1) is 0 Å². The molecule has 1 saturated heterocycles. The van der Waals surface area contributed by atoms with E-state index in [1.54, 1.807) is 17.0 Å². The molecule has 0 aromatic heterocycles. The number of hydrogen-bond donors (Lipinski definition) is 2. The monoisotopic (exact) mass is 337 g/mol. The first-order chi connectivity index (χ1) is 12.0. The van der Waals surface area contributed by atoms with Crippen molar-refractivity contribution in [2.24, 2.45) is 5.10 Å². The Kier molecular flexibility index (Phi) is 4.79. The summed E-state index contributed by atoms with van der Waals surface area (Å²) in [6, 6.07) is 14.1. The lowest BCUT2D eigenvalue weighted by Gasteiger charge is -2.15. The molecule has 0 bridgehead atoms. The molecule has 2 aromatic rings. The van der Waals surface area contributed by atoms with Crippen molar-refractivity contribution in [1.82, 2.24) is 0 Å². The topological polar surface area (TPSA) is 82.0 Å². The van der Waals surface area contributed by atoms with Gasteiger partial charge in [-0.3, -0.25) is 10.2 Å². The maximum atomic E-state index is 11.8. The Morgan fingerprint density at radius 1 is 1.08 bits per heavy atom. The predicted octanol–water partition coefficient (Wildman–Crippen LogP) is 3.35. The van der Waals surface area contributed by atoms with Crippen LogP contribution in [-0.2, 0) is 4.79 Å². The zero-order chi connectivity index (χ0) is 17.8. The van der Waals surface area contributed by atoms with E-state index in [4.69, 9.17) is 5.11 Å². The Hall–Kier alpha value is -3.15. The van der Waals surface area contributed by atoms with Gasteiger partial charge in [-0.05, 0) is 55.3 Å². The van der Waals surface area contributed by atoms with Crippen LogP contribution < -0.4 is 10.3 Å². The number of rotatable bonds is 5. The van der Waals surface area contributed by atoms with Crippen LogP contribution in [0.15, 0.2) is 53.6 Å². The zero-order valence-corrected chi connectivity index (χ0v) is 13.9. The minimum Gasteiger partial charge on any atom is -0.478 e. The Bertz CT molecular complexity index is 811. The van der Waals surface area contributed by atoms with Gasteiger partial charge in [-0.2, -0.15) is 5.10 Å². The van der Waals surface area contributed by atoms with Crippen LogP contribution in [0.1, 0.15) is 35.7 Å². The summed E-state index contributed by atoms with van der Waals surface area (Å²) in [4.78, 5) is 24.4. The van der Waals surface area contributed by atoms with E-state index in [1.165, 1.54) is 12.1 Å². The Morgan fingerprint density at radius 2 is 1.72 bits per heavy atom. The van der Waals surface area contributed by atoms with Crippen molar-refractivity contribution < 1.29 is 14.7 Å². The van der Waals surface area contributed by atoms with E-state index in [2.05, 4.69) is 10.5 Å². The summed E-state index contributed by atoms with van der Waals surface area (Å²) in [6.45, 7) is 2.66. The molecule has 3 rings (SSSR count). The molecule has 2 aromatic carbocycles. The van der Waals surface area contributed by atoms with Crippen LogP contribution in [0.25, 0.3) is 0 Å². The minimum atomic E-state index is -0.956. The van der Waals surface area contributed by atoms with E-state index in [0.717, 1.165) is 29.9 Å². The number of carbonyl (C=O) groups excluding carboxylic acids is 1. The third-order valence-corrected chi connectivity index (χ3v) is 4.15. The quantitative estimate of drug-likeness (QED) is 0.647. The largest absolute Gasteiger partial charge is 0.478 e. The minimum absolute atomic E-state index is 0.171. The van der Waals surface area contributed by atoms with E-state index in [1.807, 2.05) is 31.2 Å². The van der Waals surface area contributed by atoms with Gasteiger partial charge in [0, 0.05) is 18.7 Å². The molecule has 0 unspecified atom stereocenters. The normalized spacial score (nSPS) is 14.7. The van der Waals surface area contributed by atoms with E-state index in [9.17, 15) is 9.59 Å². The number of aromatic carboxylic acids is 1. The highest BCUT2D eigenvalue weighted by Gasteiger charge is 2.21. The number of carbonyl (C=O) groups is 2. The molecule has 6 heteroatoms. The number of hydrazone groups is 1. The molecule has 0 aliphatic carbocycles. The second-order valence-corrected chi connectivity index (χ2v) is 5.89. The lowest BCUT2D eigenvalue weighted by atomic mass is 10.1. The van der Waals surface area contributed by atoms with Crippen LogP contribution in [-0.4, -0.2) is 29.2 Å². The molecular weight excluding hydrogens is 318 g/mol. The lowest BCUT2D eigenvalue weighted by molar-refractivity contribution is -0.117. The molecule has 0 radical (unpaired) electrons. The van der Waals surface area contributed by atoms with Crippen LogP contribution in [0.3, 0.4) is 0 Å². The second kappa shape index (κ2) is 7.17. The highest BCUT2D eigenvalue weighted by atomic mass is 16.4. The van der Waals surface area contributed by atoms with E-state index in [0.29, 0.717) is 12.1 Å². The van der Waals surface area contributed by atoms with Gasteiger partial charge >= 0.3 is 5.97 Å². The Balaban J connectivity index is 1.67. The molecule has 1 fully saturated rings. The fraction of sp³-hybridized carbons (Fsp3) is 0.211. The maximum Gasteiger partial charge on any atom is 0.335 e. The summed E-state index contributed by atoms with van der Waals surface area (Å²) < 4.78 is 0. The Labute approximate surface area is 145 Å². The van der Waals surface area contributed by atoms with Crippen LogP contribution in [0.5, 0.6) is 0 Å². The highest BCUT2D eigenvalue weighted by Crippen LogP contribution is 2.21. The third kappa shape index (κ3) is 3.85. The summed E-state index contributed by atoms with van der Waals surface area (Å²) in [7, 11) is 0. The van der Waals surface area contributed by atoms with Crippen LogP contribution >= 0.6 is 0 Å². The summed E-state index contributed by atoms with van der Waals surface area (Å²) >= 11 is 0. The molecule has 0 spiro atoms. The second-order valence-electron chi connectivity index (χ2n) is 5.89. The summed E-state index contributed by atoms with van der Waals surface area (Å²) in [5.41, 5.74) is 6.52. The fourth-order valence-corrected chi connectivity index (χ4v) is 2.70. The molecule has 1 aliphatic rings. The van der Waals surface area contributed by atoms with Crippen molar-refractivity contribution in [3.8, 4) is 0 Å². The van der Waals surface area contributed by atoms with Gasteiger partial charge in [-0.25, -0.2) is 4.79 Å². The molecule has 25 heavy (non-hydrogen) atoms. The fourth-order valence-electron chi connectivity index (χ4n) is 2.70. The van der Waals surface area contributed by atoms with Crippen molar-refractivity contribution >= 4 is 29.0 Å². The number of hydrogen-bond acceptors (Lipinski definition) is 4. The molecule has 6 nitrogen and oxygen atoms in total. The highest BCUT2D eigenvalue weighted by molar-refractivity contribution is 6.00. The van der Waals surface area contributed by atoms with Gasteiger partial charge in [0.1, 0.15) is 0 Å². The average Bonchev–Trinajstić information content (AvgIpc) is 3.06. The van der Waals surface area contributed by atoms with Crippen molar-refractivity contribution in [1.29, 1.82) is 0 Å². The van der Waals surface area contributed by atoms with Crippen LogP contribution in [0.4, 0.5) is 11.4 Å². The summed E-state index contributed by atoms with van der Waals surface area (Å²) in [6.07, 6.45) is 1.53. The number of carboxylic acid groups (broad SMARTS) is 1. The van der Waals surface area contributed by atoms with Crippen molar-refractivity contribution in [2.75, 3.05) is 16.9 Å². The average molecular weight is 337 g/mol. The molecule has 1 aliphatic heterocycles. The smallest absolute Gasteiger partial charge is 0.335 e. The van der Waals surface area contributed by atoms with Gasteiger partial charge in [0.15, 0.2) is 0 Å². The number of amides is 1. The van der Waals surface area contributed by atoms with Gasteiger partial charge in [-0.1, -0.05) is 12.1 Å². The zero-order valence-electron chi connectivity index (χ0n) is 13.9. The molecule has 1 amide bonds. The van der Waals surface area contributed by atoms with Gasteiger partial charge in [0.05, 0.1) is 17.0 Å². The number of nitrogens with zero attached hydrogens (tertiary/aromatic N) is 2. The molecule has 2 N–H and O–H groups in total. The number of nitrogens with one attached hydrogen (secondary N) is 1. The van der Waals surface area contributed by atoms with Gasteiger partial charge in [0.2, 0.25) is 5.91 Å². The van der Waals surface area contributed by atoms with Gasteiger partial charge in [0.25, 0.3) is 0 Å². The maximum absolute atomic E-state index is 11.8. The first-order valence-corrected chi connectivity index (χ1v) is 8.09. The molecular formula is C19H19N3O3. The lowest BCUT2D eigenvalue weighted by Crippen LogP contribution is -2.23. The van der Waals surface area contributed by atoms with Crippen LogP contribution in [0.2, 0.25) is 0 Å². The van der Waals surface area contributed by atoms with Crippen molar-refractivity contribution in [3.05, 3.63) is 59.7 Å².